The minimum absolute atomic E-state index is 0.0558. The zero-order chi connectivity index (χ0) is 21.6. The van der Waals surface area contributed by atoms with E-state index in [1.807, 2.05) is 57.2 Å². The first kappa shape index (κ1) is 21.0. The van der Waals surface area contributed by atoms with Crippen LogP contribution >= 0.6 is 0 Å². The second-order valence-corrected chi connectivity index (χ2v) is 8.11. The van der Waals surface area contributed by atoms with Gasteiger partial charge in [-0.25, -0.2) is 9.59 Å². The smallest absolute Gasteiger partial charge is 0.320 e. The van der Waals surface area contributed by atoms with E-state index in [9.17, 15) is 9.59 Å². The topological polar surface area (TPSA) is 65.1 Å². The lowest BCUT2D eigenvalue weighted by molar-refractivity contribution is 0.134. The van der Waals surface area contributed by atoms with Gasteiger partial charge in [0.1, 0.15) is 5.75 Å². The number of likely N-dealkylation sites (tertiary alicyclic amines) is 1. The molecule has 2 aromatic rings. The number of urea groups is 2. The number of carbonyl (C=O) groups excluding carboxylic acids is 2. The number of piperidine rings is 1. The highest BCUT2D eigenvalue weighted by Gasteiger charge is 2.35. The molecule has 0 unspecified atom stereocenters. The summed E-state index contributed by atoms with van der Waals surface area (Å²) < 4.78 is 5.23. The quantitative estimate of drug-likeness (QED) is 0.777. The molecule has 0 aromatic heterocycles. The molecule has 0 atom stereocenters. The molecule has 1 N–H and O–H groups in total. The van der Waals surface area contributed by atoms with E-state index >= 15 is 0 Å². The number of nitrogens with one attached hydrogen (secondary N) is 1. The molecule has 2 aliphatic heterocycles. The van der Waals surface area contributed by atoms with E-state index in [2.05, 4.69) is 17.4 Å². The summed E-state index contributed by atoms with van der Waals surface area (Å²) in [6.45, 7) is 3.97. The standard InChI is InChI=1S/C24H30N4O3/c1-31-22-9-5-8-20(16-22)17-25-23(29)26-12-10-21(11-13-26)28-15-14-27(24(28)30)18-19-6-3-2-4-7-19/h2-9,16,21H,10-15,17-18H2,1H3,(H,25,29). The van der Waals surface area contributed by atoms with Crippen molar-refractivity contribution >= 4 is 12.1 Å². The van der Waals surface area contributed by atoms with Gasteiger partial charge in [0.2, 0.25) is 0 Å². The highest BCUT2D eigenvalue weighted by atomic mass is 16.5. The number of nitrogens with zero attached hydrogens (tertiary/aromatic N) is 3. The van der Waals surface area contributed by atoms with Gasteiger partial charge in [-0.05, 0) is 36.1 Å². The van der Waals surface area contributed by atoms with E-state index < -0.39 is 0 Å². The van der Waals surface area contributed by atoms with Crippen molar-refractivity contribution in [1.29, 1.82) is 0 Å². The molecule has 164 valence electrons. The number of methoxy groups -OCH3 is 1. The molecule has 4 rings (SSSR count). The summed E-state index contributed by atoms with van der Waals surface area (Å²) in [6.07, 6.45) is 1.63. The van der Waals surface area contributed by atoms with Gasteiger partial charge >= 0.3 is 12.1 Å². The number of ether oxygens (including phenoxy) is 1. The van der Waals surface area contributed by atoms with Gasteiger partial charge in [-0.2, -0.15) is 0 Å². The Balaban J connectivity index is 1.23. The summed E-state index contributed by atoms with van der Waals surface area (Å²) in [7, 11) is 1.63. The van der Waals surface area contributed by atoms with Crippen LogP contribution in [0.1, 0.15) is 24.0 Å². The summed E-state index contributed by atoms with van der Waals surface area (Å²) in [5, 5.41) is 2.99. The van der Waals surface area contributed by atoms with E-state index in [-0.39, 0.29) is 18.1 Å². The summed E-state index contributed by atoms with van der Waals surface area (Å²) in [5.74, 6) is 0.782. The zero-order valence-corrected chi connectivity index (χ0v) is 18.0. The molecule has 2 aliphatic rings. The summed E-state index contributed by atoms with van der Waals surface area (Å²) >= 11 is 0. The normalized spacial score (nSPS) is 17.2. The second kappa shape index (κ2) is 9.73. The van der Waals surface area contributed by atoms with Gasteiger partial charge in [0, 0.05) is 45.3 Å². The Morgan fingerprint density at radius 3 is 2.48 bits per heavy atom. The molecule has 0 bridgehead atoms. The first-order valence-corrected chi connectivity index (χ1v) is 10.9. The van der Waals surface area contributed by atoms with Crippen LogP contribution in [-0.4, -0.2) is 66.1 Å². The van der Waals surface area contributed by atoms with Crippen LogP contribution in [0.25, 0.3) is 0 Å². The van der Waals surface area contributed by atoms with Crippen LogP contribution in [0.4, 0.5) is 9.59 Å². The Labute approximate surface area is 183 Å². The summed E-state index contributed by atoms with van der Waals surface area (Å²) in [5.41, 5.74) is 2.16. The van der Waals surface area contributed by atoms with Gasteiger partial charge in [0.05, 0.1) is 7.11 Å². The number of carbonyl (C=O) groups is 2. The van der Waals surface area contributed by atoms with Crippen molar-refractivity contribution in [1.82, 2.24) is 20.0 Å². The predicted octanol–water partition coefficient (Wildman–Crippen LogP) is 3.31. The number of benzene rings is 2. The molecule has 7 nitrogen and oxygen atoms in total. The maximum Gasteiger partial charge on any atom is 0.320 e. The van der Waals surface area contributed by atoms with Crippen LogP contribution < -0.4 is 10.1 Å². The highest BCUT2D eigenvalue weighted by molar-refractivity contribution is 5.77. The summed E-state index contributed by atoms with van der Waals surface area (Å²) in [6, 6.07) is 18.1. The van der Waals surface area contributed by atoms with Gasteiger partial charge < -0.3 is 24.8 Å². The van der Waals surface area contributed by atoms with Crippen molar-refractivity contribution < 1.29 is 14.3 Å². The molecule has 31 heavy (non-hydrogen) atoms. The van der Waals surface area contributed by atoms with E-state index in [0.717, 1.165) is 42.8 Å². The Morgan fingerprint density at radius 1 is 1.00 bits per heavy atom. The maximum atomic E-state index is 12.9. The van der Waals surface area contributed by atoms with Gasteiger partial charge in [0.15, 0.2) is 0 Å². The first-order chi connectivity index (χ1) is 15.1. The Kier molecular flexibility index (Phi) is 6.60. The Morgan fingerprint density at radius 2 is 1.74 bits per heavy atom. The third-order valence-electron chi connectivity index (χ3n) is 6.11. The predicted molar refractivity (Wildman–Crippen MR) is 119 cm³/mol. The van der Waals surface area contributed by atoms with Crippen LogP contribution in [0.3, 0.4) is 0 Å². The van der Waals surface area contributed by atoms with Crippen molar-refractivity contribution in [3.8, 4) is 5.75 Å². The van der Waals surface area contributed by atoms with E-state index in [1.165, 1.54) is 0 Å². The van der Waals surface area contributed by atoms with Crippen LogP contribution in [0.15, 0.2) is 54.6 Å². The van der Waals surface area contributed by atoms with Crippen molar-refractivity contribution in [2.75, 3.05) is 33.3 Å². The molecule has 0 radical (unpaired) electrons. The van der Waals surface area contributed by atoms with Gasteiger partial charge in [-0.15, -0.1) is 0 Å². The van der Waals surface area contributed by atoms with Crippen LogP contribution in [0.5, 0.6) is 5.75 Å². The molecule has 4 amide bonds. The maximum absolute atomic E-state index is 12.9. The number of rotatable bonds is 6. The Hall–Kier alpha value is -3.22. The molecular formula is C24H30N4O3. The van der Waals surface area contributed by atoms with Crippen LogP contribution in [0.2, 0.25) is 0 Å². The van der Waals surface area contributed by atoms with Crippen LogP contribution in [0, 0.1) is 0 Å². The molecule has 0 aliphatic carbocycles. The molecule has 2 heterocycles. The third-order valence-corrected chi connectivity index (χ3v) is 6.11. The highest BCUT2D eigenvalue weighted by Crippen LogP contribution is 2.23. The molecular weight excluding hydrogens is 392 g/mol. The SMILES string of the molecule is COc1cccc(CNC(=O)N2CCC(N3CCN(Cc4ccccc4)C3=O)CC2)c1. The number of hydrogen-bond acceptors (Lipinski definition) is 3. The van der Waals surface area contributed by atoms with Gasteiger partial charge in [0.25, 0.3) is 0 Å². The molecule has 2 aromatic carbocycles. The summed E-state index contributed by atoms with van der Waals surface area (Å²) in [4.78, 5) is 31.2. The second-order valence-electron chi connectivity index (χ2n) is 8.11. The lowest BCUT2D eigenvalue weighted by Crippen LogP contribution is -2.50. The van der Waals surface area contributed by atoms with Gasteiger partial charge in [-0.3, -0.25) is 0 Å². The Bertz CT molecular complexity index is 897. The van der Waals surface area contributed by atoms with E-state index in [1.54, 1.807) is 7.11 Å². The van der Waals surface area contributed by atoms with Crippen molar-refractivity contribution in [2.24, 2.45) is 0 Å². The number of amides is 4. The van der Waals surface area contributed by atoms with E-state index in [4.69, 9.17) is 4.74 Å². The van der Waals surface area contributed by atoms with Crippen molar-refractivity contribution in [2.45, 2.75) is 32.0 Å². The fraction of sp³-hybridized carbons (Fsp3) is 0.417. The lowest BCUT2D eigenvalue weighted by atomic mass is 10.0. The average molecular weight is 423 g/mol. The average Bonchev–Trinajstić information content (AvgIpc) is 3.18. The minimum atomic E-state index is -0.0558. The fourth-order valence-electron chi connectivity index (χ4n) is 4.34. The monoisotopic (exact) mass is 422 g/mol. The zero-order valence-electron chi connectivity index (χ0n) is 18.0. The molecule has 0 spiro atoms. The lowest BCUT2D eigenvalue weighted by Gasteiger charge is -2.36. The van der Waals surface area contributed by atoms with Crippen molar-refractivity contribution in [3.05, 3.63) is 65.7 Å². The molecule has 7 heteroatoms. The van der Waals surface area contributed by atoms with Gasteiger partial charge in [-0.1, -0.05) is 42.5 Å². The van der Waals surface area contributed by atoms with Crippen molar-refractivity contribution in [3.63, 3.8) is 0 Å². The minimum Gasteiger partial charge on any atom is -0.497 e. The molecule has 2 fully saturated rings. The van der Waals surface area contributed by atoms with Crippen LogP contribution in [-0.2, 0) is 13.1 Å². The fourth-order valence-corrected chi connectivity index (χ4v) is 4.34. The largest absolute Gasteiger partial charge is 0.497 e. The third kappa shape index (κ3) is 5.10. The molecule has 0 saturated carbocycles. The molecule has 2 saturated heterocycles. The van der Waals surface area contributed by atoms with E-state index in [0.29, 0.717) is 26.2 Å². The first-order valence-electron chi connectivity index (χ1n) is 10.9. The number of hydrogen-bond donors (Lipinski definition) is 1.